The fourth-order valence-electron chi connectivity index (χ4n) is 2.43. The zero-order valence-corrected chi connectivity index (χ0v) is 19.5. The maximum absolute atomic E-state index is 12.1. The van der Waals surface area contributed by atoms with E-state index >= 15 is 0 Å². The number of hydrogen-bond donors (Lipinski definition) is 2. The minimum absolute atomic E-state index is 0. The molecule has 0 amide bonds. The molecule has 1 heterocycles. The van der Waals surface area contributed by atoms with Crippen LogP contribution in [0.5, 0.6) is 0 Å². The molecule has 166 valence electrons. The Kier molecular flexibility index (Phi) is 10.9. The van der Waals surface area contributed by atoms with Gasteiger partial charge in [-0.25, -0.2) is 4.98 Å². The molecule has 0 bridgehead atoms. The summed E-state index contributed by atoms with van der Waals surface area (Å²) in [5, 5.41) is 6.40. The molecular weight excluding hydrogens is 510 g/mol. The van der Waals surface area contributed by atoms with E-state index in [1.54, 1.807) is 19.2 Å². The number of aliphatic imine (C=N–C) groups is 1. The van der Waals surface area contributed by atoms with Crippen molar-refractivity contribution in [2.45, 2.75) is 25.9 Å². The number of nitrogens with one attached hydrogen (secondary N) is 2. The normalized spacial score (nSPS) is 11.6. The number of aromatic nitrogens is 1. The number of ether oxygens (including phenoxy) is 1. The van der Waals surface area contributed by atoms with Crippen LogP contribution in [0.2, 0.25) is 0 Å². The lowest BCUT2D eigenvalue weighted by atomic mass is 10.1. The molecule has 2 rings (SSSR count). The smallest absolute Gasteiger partial charge is 0.367 e. The average Bonchev–Trinajstić information content (AvgIpc) is 2.68. The Morgan fingerprint density at radius 2 is 1.67 bits per heavy atom. The summed E-state index contributed by atoms with van der Waals surface area (Å²) in [5.74, 6) is 1.51. The van der Waals surface area contributed by atoms with Crippen LogP contribution < -0.4 is 15.5 Å². The zero-order chi connectivity index (χ0) is 21.3. The summed E-state index contributed by atoms with van der Waals surface area (Å²) in [7, 11) is 5.56. The summed E-state index contributed by atoms with van der Waals surface area (Å²) in [6.45, 7) is -0.272. The zero-order valence-electron chi connectivity index (χ0n) is 17.2. The van der Waals surface area contributed by atoms with Crippen molar-refractivity contribution in [1.82, 2.24) is 15.6 Å². The minimum Gasteiger partial charge on any atom is -0.367 e. The molecule has 0 aliphatic carbocycles. The molecule has 30 heavy (non-hydrogen) atoms. The lowest BCUT2D eigenvalue weighted by Gasteiger charge is -2.14. The lowest BCUT2D eigenvalue weighted by molar-refractivity contribution is -0.176. The molecule has 0 spiro atoms. The largest absolute Gasteiger partial charge is 0.411 e. The molecule has 6 nitrogen and oxygen atoms in total. The fourth-order valence-corrected chi connectivity index (χ4v) is 2.43. The Morgan fingerprint density at radius 1 is 1.03 bits per heavy atom. The molecule has 2 N–H and O–H groups in total. The average molecular weight is 537 g/mol. The van der Waals surface area contributed by atoms with Crippen molar-refractivity contribution in [1.29, 1.82) is 0 Å². The molecular formula is C20H27F3IN5O. The summed E-state index contributed by atoms with van der Waals surface area (Å²) >= 11 is 0. The van der Waals surface area contributed by atoms with Gasteiger partial charge in [0.25, 0.3) is 0 Å². The Balaban J connectivity index is 0.00000450. The van der Waals surface area contributed by atoms with Crippen molar-refractivity contribution in [3.8, 4) is 0 Å². The molecule has 0 aliphatic rings. The second kappa shape index (κ2) is 12.6. The van der Waals surface area contributed by atoms with E-state index in [0.717, 1.165) is 17.1 Å². The standard InChI is InChI=1S/C20H26F3N5O.HI/c1-24-19(26-12-17-5-4-6-18(27-17)28(2)3)25-11-15-7-9-16(10-8-15)13-29-14-20(21,22)23;/h4-10H,11-14H2,1-3H3,(H2,24,25,26);1H. The summed E-state index contributed by atoms with van der Waals surface area (Å²) in [5.41, 5.74) is 2.55. The SMILES string of the molecule is CN=C(NCc1ccc(COCC(F)(F)F)cc1)NCc1cccc(N(C)C)n1.I. The predicted octanol–water partition coefficient (Wildman–Crippen LogP) is 3.71. The van der Waals surface area contributed by atoms with Crippen LogP contribution in [0.15, 0.2) is 47.5 Å². The van der Waals surface area contributed by atoms with E-state index in [9.17, 15) is 13.2 Å². The van der Waals surface area contributed by atoms with Gasteiger partial charge < -0.3 is 20.3 Å². The number of alkyl halides is 3. The van der Waals surface area contributed by atoms with Gasteiger partial charge in [0.15, 0.2) is 5.96 Å². The van der Waals surface area contributed by atoms with Gasteiger partial charge in [0.1, 0.15) is 12.4 Å². The second-order valence-corrected chi connectivity index (χ2v) is 6.59. The number of rotatable bonds is 8. The van der Waals surface area contributed by atoms with Gasteiger partial charge in [0, 0.05) is 27.7 Å². The molecule has 0 atom stereocenters. The van der Waals surface area contributed by atoms with Crippen LogP contribution in [0.3, 0.4) is 0 Å². The first-order chi connectivity index (χ1) is 13.8. The highest BCUT2D eigenvalue weighted by atomic mass is 127. The van der Waals surface area contributed by atoms with E-state index in [0.29, 0.717) is 24.6 Å². The highest BCUT2D eigenvalue weighted by Crippen LogP contribution is 2.16. The third kappa shape index (κ3) is 9.61. The van der Waals surface area contributed by atoms with Crippen LogP contribution in [0, 0.1) is 0 Å². The van der Waals surface area contributed by atoms with Gasteiger partial charge in [-0.15, -0.1) is 24.0 Å². The van der Waals surface area contributed by atoms with E-state index < -0.39 is 12.8 Å². The Labute approximate surface area is 192 Å². The van der Waals surface area contributed by atoms with Crippen LogP contribution in [-0.2, 0) is 24.4 Å². The molecule has 0 aliphatic heterocycles. The molecule has 0 fully saturated rings. The summed E-state index contributed by atoms with van der Waals surface area (Å²) < 4.78 is 41.0. The molecule has 1 aromatic carbocycles. The van der Waals surface area contributed by atoms with Crippen LogP contribution in [0.25, 0.3) is 0 Å². The van der Waals surface area contributed by atoms with Crippen LogP contribution in [0.1, 0.15) is 16.8 Å². The lowest BCUT2D eigenvalue weighted by Crippen LogP contribution is -2.36. The number of nitrogens with zero attached hydrogens (tertiary/aromatic N) is 3. The van der Waals surface area contributed by atoms with Gasteiger partial charge in [0.2, 0.25) is 0 Å². The monoisotopic (exact) mass is 537 g/mol. The summed E-state index contributed by atoms with van der Waals surface area (Å²) in [4.78, 5) is 10.7. The third-order valence-corrected chi connectivity index (χ3v) is 3.93. The van der Waals surface area contributed by atoms with Crippen molar-refractivity contribution >= 4 is 35.8 Å². The van der Waals surface area contributed by atoms with Gasteiger partial charge in [-0.2, -0.15) is 13.2 Å². The predicted molar refractivity (Wildman–Crippen MR) is 123 cm³/mol. The molecule has 10 heteroatoms. The molecule has 0 saturated heterocycles. The maximum atomic E-state index is 12.1. The minimum atomic E-state index is -4.31. The molecule has 0 radical (unpaired) electrons. The topological polar surface area (TPSA) is 61.8 Å². The first-order valence-electron chi connectivity index (χ1n) is 9.07. The van der Waals surface area contributed by atoms with Crippen molar-refractivity contribution in [3.05, 3.63) is 59.3 Å². The van der Waals surface area contributed by atoms with Gasteiger partial charge in [-0.05, 0) is 23.3 Å². The molecule has 0 unspecified atom stereocenters. The fraction of sp³-hybridized carbons (Fsp3) is 0.400. The van der Waals surface area contributed by atoms with Crippen molar-refractivity contribution < 1.29 is 17.9 Å². The van der Waals surface area contributed by atoms with Crippen LogP contribution >= 0.6 is 24.0 Å². The number of guanidine groups is 1. The summed E-state index contributed by atoms with van der Waals surface area (Å²) in [6.07, 6.45) is -4.31. The van der Waals surface area contributed by atoms with Crippen LogP contribution in [-0.4, -0.2) is 44.9 Å². The first-order valence-corrected chi connectivity index (χ1v) is 9.07. The van der Waals surface area contributed by atoms with Gasteiger partial charge in [-0.3, -0.25) is 4.99 Å². The van der Waals surface area contributed by atoms with E-state index in [-0.39, 0.29) is 30.6 Å². The maximum Gasteiger partial charge on any atom is 0.411 e. The quantitative estimate of drug-likeness (QED) is 0.306. The number of anilines is 1. The van der Waals surface area contributed by atoms with Gasteiger partial charge in [-0.1, -0.05) is 30.3 Å². The van der Waals surface area contributed by atoms with Gasteiger partial charge >= 0.3 is 6.18 Å². The van der Waals surface area contributed by atoms with E-state index in [2.05, 4.69) is 25.3 Å². The van der Waals surface area contributed by atoms with E-state index in [1.807, 2.05) is 49.3 Å². The number of hydrogen-bond acceptors (Lipinski definition) is 4. The molecule has 2 aromatic rings. The molecule has 1 aromatic heterocycles. The van der Waals surface area contributed by atoms with E-state index in [1.165, 1.54) is 0 Å². The number of pyridine rings is 1. The first kappa shape index (κ1) is 26.0. The second-order valence-electron chi connectivity index (χ2n) is 6.59. The van der Waals surface area contributed by atoms with Crippen molar-refractivity contribution in [3.63, 3.8) is 0 Å². The summed E-state index contributed by atoms with van der Waals surface area (Å²) in [6, 6.07) is 13.0. The Bertz CT molecular complexity index is 798. The highest BCUT2D eigenvalue weighted by Gasteiger charge is 2.27. The Hall–Kier alpha value is -2.08. The third-order valence-electron chi connectivity index (χ3n) is 3.93. The van der Waals surface area contributed by atoms with Crippen molar-refractivity contribution in [2.75, 3.05) is 32.6 Å². The van der Waals surface area contributed by atoms with E-state index in [4.69, 9.17) is 0 Å². The van der Waals surface area contributed by atoms with Crippen molar-refractivity contribution in [2.24, 2.45) is 4.99 Å². The Morgan fingerprint density at radius 3 is 2.27 bits per heavy atom. The highest BCUT2D eigenvalue weighted by molar-refractivity contribution is 14.0. The van der Waals surface area contributed by atoms with Crippen LogP contribution in [0.4, 0.5) is 19.0 Å². The number of benzene rings is 1. The van der Waals surface area contributed by atoms with Gasteiger partial charge in [0.05, 0.1) is 18.8 Å². The number of halogens is 4. The molecule has 0 saturated carbocycles.